The van der Waals surface area contributed by atoms with Crippen LogP contribution in [0.15, 0.2) is 35.5 Å². The summed E-state index contributed by atoms with van der Waals surface area (Å²) < 4.78 is 54.5. The monoisotopic (exact) mass is 455 g/mol. The van der Waals surface area contributed by atoms with Crippen molar-refractivity contribution < 1.29 is 26.7 Å². The number of nitrogens with one attached hydrogen (secondary N) is 2. The van der Waals surface area contributed by atoms with Crippen molar-refractivity contribution in [3.63, 3.8) is 0 Å². The van der Waals surface area contributed by atoms with E-state index in [1.807, 2.05) is 0 Å². The third-order valence-electron chi connectivity index (χ3n) is 4.91. The van der Waals surface area contributed by atoms with Crippen molar-refractivity contribution in [1.29, 1.82) is 0 Å². The van der Waals surface area contributed by atoms with Gasteiger partial charge in [-0.05, 0) is 55.9 Å². The second-order valence-electron chi connectivity index (χ2n) is 7.39. The van der Waals surface area contributed by atoms with Gasteiger partial charge in [0.1, 0.15) is 18.6 Å². The highest BCUT2D eigenvalue weighted by Gasteiger charge is 2.29. The molecule has 31 heavy (non-hydrogen) atoms. The van der Waals surface area contributed by atoms with Gasteiger partial charge < -0.3 is 15.4 Å². The molecule has 1 amide bonds. The molecule has 3 rings (SSSR count). The van der Waals surface area contributed by atoms with Crippen LogP contribution in [0.4, 0.5) is 25.2 Å². The predicted octanol–water partition coefficient (Wildman–Crippen LogP) is 2.73. The van der Waals surface area contributed by atoms with Crippen molar-refractivity contribution in [2.75, 3.05) is 12.0 Å². The Labute approximate surface area is 178 Å². The molecule has 3 atom stereocenters. The Bertz CT molecular complexity index is 1040. The number of nitrogens with zero attached hydrogens (tertiary/aromatic N) is 2. The van der Waals surface area contributed by atoms with Crippen molar-refractivity contribution in [3.8, 4) is 0 Å². The lowest BCUT2D eigenvalue weighted by molar-refractivity contribution is 0.0965. The van der Waals surface area contributed by atoms with Gasteiger partial charge in [0.2, 0.25) is 16.0 Å². The van der Waals surface area contributed by atoms with Crippen molar-refractivity contribution >= 4 is 27.8 Å². The summed E-state index contributed by atoms with van der Waals surface area (Å²) >= 11 is 0. The average molecular weight is 455 g/mol. The average Bonchev–Trinajstić information content (AvgIpc) is 3.17. The van der Waals surface area contributed by atoms with E-state index in [2.05, 4.69) is 20.6 Å². The van der Waals surface area contributed by atoms with E-state index in [4.69, 9.17) is 9.88 Å². The summed E-state index contributed by atoms with van der Waals surface area (Å²) in [6, 6.07) is 2.63. The van der Waals surface area contributed by atoms with E-state index in [1.54, 1.807) is 19.3 Å². The molecule has 1 fully saturated rings. The zero-order chi connectivity index (χ0) is 22.6. The maximum absolute atomic E-state index is 14.1. The first kappa shape index (κ1) is 22.8. The van der Waals surface area contributed by atoms with Crippen molar-refractivity contribution in [3.05, 3.63) is 42.0 Å². The quantitative estimate of drug-likeness (QED) is 0.584. The molecule has 1 heterocycles. The molecule has 9 nitrogen and oxygen atoms in total. The minimum atomic E-state index is -4.00. The molecule has 0 bridgehead atoms. The lowest BCUT2D eigenvalue weighted by Crippen LogP contribution is -2.36. The summed E-state index contributed by atoms with van der Waals surface area (Å²) in [5.41, 5.74) is 0.849. The molecule has 0 aliphatic heterocycles. The Morgan fingerprint density at radius 2 is 2.03 bits per heavy atom. The highest BCUT2D eigenvalue weighted by Crippen LogP contribution is 2.35. The predicted molar refractivity (Wildman–Crippen MR) is 109 cm³/mol. The van der Waals surface area contributed by atoms with E-state index >= 15 is 0 Å². The molecule has 0 radical (unpaired) electrons. The van der Waals surface area contributed by atoms with Crippen LogP contribution in [0.2, 0.25) is 0 Å². The second-order valence-corrected chi connectivity index (χ2v) is 8.95. The number of carbonyl (C=O) groups excluding carboxylic acids is 1. The molecule has 0 saturated heterocycles. The molecule has 168 valence electrons. The van der Waals surface area contributed by atoms with E-state index in [-0.39, 0.29) is 28.6 Å². The van der Waals surface area contributed by atoms with E-state index in [9.17, 15) is 22.0 Å². The highest BCUT2D eigenvalue weighted by molar-refractivity contribution is 7.89. The number of amides is 1. The first-order valence-corrected chi connectivity index (χ1v) is 11.1. The number of sulfonamides is 1. The molecular formula is C19H23F2N5O4S. The molecule has 1 saturated carbocycles. The van der Waals surface area contributed by atoms with Crippen LogP contribution in [0.5, 0.6) is 0 Å². The summed E-state index contributed by atoms with van der Waals surface area (Å²) in [6.07, 6.45) is 4.33. The van der Waals surface area contributed by atoms with E-state index < -0.39 is 34.7 Å². The Balaban J connectivity index is 1.58. The summed E-state index contributed by atoms with van der Waals surface area (Å²) in [5, 5.41) is 10.1. The molecule has 0 spiro atoms. The van der Waals surface area contributed by atoms with Gasteiger partial charge in [-0.2, -0.15) is 0 Å². The van der Waals surface area contributed by atoms with Gasteiger partial charge in [-0.1, -0.05) is 0 Å². The number of hydrogen-bond donors (Lipinski definition) is 3. The summed E-state index contributed by atoms with van der Waals surface area (Å²) in [7, 11) is -4.00. The van der Waals surface area contributed by atoms with E-state index in [1.165, 1.54) is 12.1 Å². The van der Waals surface area contributed by atoms with Gasteiger partial charge >= 0.3 is 6.09 Å². The fourth-order valence-electron chi connectivity index (χ4n) is 3.28. The smallest absolute Gasteiger partial charge is 0.407 e. The Kier molecular flexibility index (Phi) is 7.01. The van der Waals surface area contributed by atoms with Gasteiger partial charge in [-0.15, -0.1) is 0 Å². The molecule has 1 aromatic carbocycles. The number of alkyl halides is 1. The second kappa shape index (κ2) is 9.52. The van der Waals surface area contributed by atoms with Gasteiger partial charge in [0.05, 0.1) is 16.6 Å². The Morgan fingerprint density at radius 3 is 2.65 bits per heavy atom. The lowest BCUT2D eigenvalue weighted by Gasteiger charge is -2.15. The minimum Gasteiger partial charge on any atom is -0.446 e. The minimum absolute atomic E-state index is 0.00278. The zero-order valence-corrected chi connectivity index (χ0v) is 17.5. The standard InChI is InChI=1S/C19H23F2N5O4S/c1-11(8-20)25-19(27)30-14-3-2-12(6-14)13-9-23-18(24-10-13)26-17-5-4-15(7-16(17)21)31(22,28)29/h4-5,7,9-12,14H,2-3,6,8H2,1H3,(H,25,27)(H2,22,28,29)(H,23,24,26)/t11-,12-,14+/m0/s1. The summed E-state index contributed by atoms with van der Waals surface area (Å²) in [5.74, 6) is -0.581. The number of primary sulfonamides is 1. The molecule has 1 aromatic heterocycles. The van der Waals surface area contributed by atoms with E-state index in [0.717, 1.165) is 18.1 Å². The third-order valence-corrected chi connectivity index (χ3v) is 5.82. The SMILES string of the molecule is C[C@@H](CF)NC(=O)O[C@@H]1CC[C@H](c2cnc(Nc3ccc(S(N)(=O)=O)cc3F)nc2)C1. The third kappa shape index (κ3) is 6.07. The van der Waals surface area contributed by atoms with Crippen LogP contribution in [0.3, 0.4) is 0 Å². The molecule has 1 aliphatic rings. The zero-order valence-electron chi connectivity index (χ0n) is 16.7. The van der Waals surface area contributed by atoms with Gasteiger partial charge in [0.15, 0.2) is 0 Å². The highest BCUT2D eigenvalue weighted by atomic mass is 32.2. The summed E-state index contributed by atoms with van der Waals surface area (Å²) in [6.45, 7) is 0.881. The number of alkyl carbamates (subject to hydrolysis) is 1. The normalized spacial score (nSPS) is 19.6. The topological polar surface area (TPSA) is 136 Å². The number of aromatic nitrogens is 2. The van der Waals surface area contributed by atoms with E-state index in [0.29, 0.717) is 12.8 Å². The van der Waals surface area contributed by atoms with Crippen LogP contribution in [-0.2, 0) is 14.8 Å². The Hall–Kier alpha value is -2.86. The van der Waals surface area contributed by atoms with Gasteiger partial charge in [-0.25, -0.2) is 37.1 Å². The van der Waals surface area contributed by atoms with Gasteiger partial charge in [0, 0.05) is 12.4 Å². The number of hydrogen-bond acceptors (Lipinski definition) is 7. The number of halogens is 2. The van der Waals surface area contributed by atoms with Crippen LogP contribution >= 0.6 is 0 Å². The molecule has 2 aromatic rings. The number of rotatable bonds is 7. The number of nitrogens with two attached hydrogens (primary N) is 1. The molecule has 1 aliphatic carbocycles. The Morgan fingerprint density at radius 1 is 1.32 bits per heavy atom. The molecule has 12 heteroatoms. The number of carbonyl (C=O) groups is 1. The summed E-state index contributed by atoms with van der Waals surface area (Å²) in [4.78, 5) is 19.7. The van der Waals surface area contributed by atoms with Crippen LogP contribution in [0.25, 0.3) is 0 Å². The first-order valence-electron chi connectivity index (χ1n) is 9.60. The van der Waals surface area contributed by atoms with Gasteiger partial charge in [-0.3, -0.25) is 0 Å². The van der Waals surface area contributed by atoms with Crippen LogP contribution < -0.4 is 15.8 Å². The molecule has 4 N–H and O–H groups in total. The van der Waals surface area contributed by atoms with Gasteiger partial charge in [0.25, 0.3) is 0 Å². The van der Waals surface area contributed by atoms with Crippen LogP contribution in [0, 0.1) is 5.82 Å². The maximum atomic E-state index is 14.1. The number of benzene rings is 1. The van der Waals surface area contributed by atoms with Crippen LogP contribution in [0.1, 0.15) is 37.7 Å². The van der Waals surface area contributed by atoms with Crippen molar-refractivity contribution in [1.82, 2.24) is 15.3 Å². The molecular weight excluding hydrogens is 432 g/mol. The van der Waals surface area contributed by atoms with Crippen LogP contribution in [-0.4, -0.2) is 43.3 Å². The number of anilines is 2. The fraction of sp³-hybridized carbons (Fsp3) is 0.421. The first-order chi connectivity index (χ1) is 14.7. The maximum Gasteiger partial charge on any atom is 0.407 e. The largest absolute Gasteiger partial charge is 0.446 e. The van der Waals surface area contributed by atoms with Crippen molar-refractivity contribution in [2.24, 2.45) is 5.14 Å². The fourth-order valence-corrected chi connectivity index (χ4v) is 3.81. The lowest BCUT2D eigenvalue weighted by atomic mass is 10.0. The molecule has 0 unspecified atom stereocenters. The number of ether oxygens (including phenoxy) is 1. The van der Waals surface area contributed by atoms with Crippen molar-refractivity contribution in [2.45, 2.75) is 49.1 Å².